The Morgan fingerprint density at radius 1 is 1.27 bits per heavy atom. The number of aromatic nitrogens is 1. The van der Waals surface area contributed by atoms with E-state index in [4.69, 9.17) is 21.1 Å². The summed E-state index contributed by atoms with van der Waals surface area (Å²) < 4.78 is 15.1. The van der Waals surface area contributed by atoms with Crippen molar-refractivity contribution in [2.75, 3.05) is 26.3 Å². The van der Waals surface area contributed by atoms with E-state index < -0.39 is 5.79 Å². The molecular formula is C15H17ClN2O3S. The van der Waals surface area contributed by atoms with Crippen molar-refractivity contribution in [2.24, 2.45) is 7.05 Å². The van der Waals surface area contributed by atoms with E-state index in [0.29, 0.717) is 32.0 Å². The number of ether oxygens (including phenoxy) is 2. The molecule has 0 aromatic carbocycles. The molecule has 0 aliphatic carbocycles. The van der Waals surface area contributed by atoms with Crippen molar-refractivity contribution in [2.45, 2.75) is 18.6 Å². The Kier molecular flexibility index (Phi) is 3.45. The molecule has 0 bridgehead atoms. The van der Waals surface area contributed by atoms with Crippen LogP contribution in [0.1, 0.15) is 23.3 Å². The van der Waals surface area contributed by atoms with Crippen molar-refractivity contribution >= 4 is 39.1 Å². The van der Waals surface area contributed by atoms with E-state index in [-0.39, 0.29) is 5.91 Å². The number of carbonyl (C=O) groups is 1. The summed E-state index contributed by atoms with van der Waals surface area (Å²) in [5.74, 6) is -0.381. The average molecular weight is 341 g/mol. The van der Waals surface area contributed by atoms with Gasteiger partial charge in [-0.05, 0) is 12.1 Å². The van der Waals surface area contributed by atoms with E-state index >= 15 is 0 Å². The van der Waals surface area contributed by atoms with Crippen molar-refractivity contribution in [1.29, 1.82) is 0 Å². The highest BCUT2D eigenvalue weighted by atomic mass is 35.5. The number of likely N-dealkylation sites (tertiary alicyclic amines) is 1. The third-order valence-corrected chi connectivity index (χ3v) is 5.75. The minimum atomic E-state index is -0.446. The van der Waals surface area contributed by atoms with E-state index in [1.165, 1.54) is 11.3 Å². The first-order chi connectivity index (χ1) is 10.6. The smallest absolute Gasteiger partial charge is 0.270 e. The topological polar surface area (TPSA) is 43.7 Å². The van der Waals surface area contributed by atoms with Crippen LogP contribution in [-0.2, 0) is 16.5 Å². The molecule has 2 saturated heterocycles. The molecule has 4 rings (SSSR count). The van der Waals surface area contributed by atoms with Crippen LogP contribution in [0.5, 0.6) is 0 Å². The number of amides is 1. The minimum absolute atomic E-state index is 0.0647. The summed E-state index contributed by atoms with van der Waals surface area (Å²) in [5.41, 5.74) is 1.72. The lowest BCUT2D eigenvalue weighted by Crippen LogP contribution is -2.47. The van der Waals surface area contributed by atoms with Gasteiger partial charge in [0.05, 0.1) is 27.8 Å². The third-order valence-electron chi connectivity index (χ3n) is 4.55. The first kappa shape index (κ1) is 14.5. The van der Waals surface area contributed by atoms with Crippen molar-refractivity contribution in [1.82, 2.24) is 9.47 Å². The lowest BCUT2D eigenvalue weighted by atomic mass is 10.0. The number of nitrogens with zero attached hydrogens (tertiary/aromatic N) is 2. The van der Waals surface area contributed by atoms with E-state index in [1.807, 2.05) is 28.6 Å². The van der Waals surface area contributed by atoms with Gasteiger partial charge in [-0.15, -0.1) is 11.3 Å². The first-order valence-corrected chi connectivity index (χ1v) is 8.59. The van der Waals surface area contributed by atoms with Crippen LogP contribution in [0.25, 0.3) is 10.2 Å². The highest BCUT2D eigenvalue weighted by molar-refractivity contribution is 7.22. The molecule has 0 N–H and O–H groups in total. The number of fused-ring (bicyclic) bond motifs is 1. The number of piperidine rings is 1. The van der Waals surface area contributed by atoms with Gasteiger partial charge in [-0.3, -0.25) is 4.79 Å². The number of thiophene rings is 1. The van der Waals surface area contributed by atoms with Crippen LogP contribution in [0.2, 0.25) is 4.34 Å². The Bertz CT molecular complexity index is 723. The largest absolute Gasteiger partial charge is 0.347 e. The zero-order chi connectivity index (χ0) is 15.3. The van der Waals surface area contributed by atoms with Gasteiger partial charge in [0.2, 0.25) is 0 Å². The number of hydrogen-bond donors (Lipinski definition) is 0. The molecule has 2 fully saturated rings. The summed E-state index contributed by atoms with van der Waals surface area (Å²) in [7, 11) is 1.91. The van der Waals surface area contributed by atoms with Crippen LogP contribution >= 0.6 is 22.9 Å². The summed E-state index contributed by atoms with van der Waals surface area (Å²) in [6.45, 7) is 2.64. The molecule has 0 unspecified atom stereocenters. The van der Waals surface area contributed by atoms with Gasteiger partial charge in [0.1, 0.15) is 5.69 Å². The maximum Gasteiger partial charge on any atom is 0.270 e. The number of hydrogen-bond acceptors (Lipinski definition) is 4. The number of rotatable bonds is 1. The second-order valence-electron chi connectivity index (χ2n) is 5.79. The molecule has 1 spiro atoms. The van der Waals surface area contributed by atoms with Crippen molar-refractivity contribution < 1.29 is 14.3 Å². The molecule has 4 heterocycles. The van der Waals surface area contributed by atoms with Crippen LogP contribution in [0.3, 0.4) is 0 Å². The molecular weight excluding hydrogens is 324 g/mol. The standard InChI is InChI=1S/C15H17ClN2O3S/c1-17-10-9-13(16)22-12(10)8-11(17)14(19)18-4-2-15(3-5-18)20-6-7-21-15/h8-9H,2-7H2,1H3. The molecule has 2 aromatic heterocycles. The quantitative estimate of drug-likeness (QED) is 0.801. The summed E-state index contributed by atoms with van der Waals surface area (Å²) in [5, 5.41) is 0. The van der Waals surface area contributed by atoms with Crippen LogP contribution in [-0.4, -0.2) is 47.5 Å². The highest BCUT2D eigenvalue weighted by Crippen LogP contribution is 2.34. The molecule has 2 aliphatic rings. The Morgan fingerprint density at radius 2 is 1.95 bits per heavy atom. The van der Waals surface area contributed by atoms with Crippen molar-refractivity contribution in [3.05, 3.63) is 22.2 Å². The summed E-state index contributed by atoms with van der Waals surface area (Å²) >= 11 is 7.53. The molecule has 118 valence electrons. The monoisotopic (exact) mass is 340 g/mol. The number of aryl methyl sites for hydroxylation is 1. The fourth-order valence-corrected chi connectivity index (χ4v) is 4.49. The maximum atomic E-state index is 12.8. The van der Waals surface area contributed by atoms with Gasteiger partial charge in [0.25, 0.3) is 5.91 Å². The van der Waals surface area contributed by atoms with Crippen LogP contribution in [0, 0.1) is 0 Å². The van der Waals surface area contributed by atoms with Crippen LogP contribution in [0.4, 0.5) is 0 Å². The predicted octanol–water partition coefficient (Wildman–Crippen LogP) is 2.87. The molecule has 0 atom stereocenters. The molecule has 0 saturated carbocycles. The van der Waals surface area contributed by atoms with Crippen molar-refractivity contribution in [3.8, 4) is 0 Å². The SMILES string of the molecule is Cn1c(C(=O)N2CCC3(CC2)OCCO3)cc2sc(Cl)cc21. The molecule has 2 aromatic rings. The van der Waals surface area contributed by atoms with E-state index in [0.717, 1.165) is 27.4 Å². The van der Waals surface area contributed by atoms with Gasteiger partial charge < -0.3 is 18.9 Å². The Hall–Kier alpha value is -1.08. The number of carbonyl (C=O) groups excluding carboxylic acids is 1. The first-order valence-electron chi connectivity index (χ1n) is 7.40. The zero-order valence-electron chi connectivity index (χ0n) is 12.3. The minimum Gasteiger partial charge on any atom is -0.347 e. The lowest BCUT2D eigenvalue weighted by Gasteiger charge is -2.37. The van der Waals surface area contributed by atoms with Crippen LogP contribution in [0.15, 0.2) is 12.1 Å². The average Bonchev–Trinajstić information content (AvgIpc) is 3.17. The fourth-order valence-electron chi connectivity index (χ4n) is 3.29. The normalized spacial score (nSPS) is 21.1. The Morgan fingerprint density at radius 3 is 2.59 bits per heavy atom. The van der Waals surface area contributed by atoms with Gasteiger partial charge in [-0.25, -0.2) is 0 Å². The molecule has 22 heavy (non-hydrogen) atoms. The molecule has 1 amide bonds. The van der Waals surface area contributed by atoms with E-state index in [9.17, 15) is 4.79 Å². The number of halogens is 1. The Balaban J connectivity index is 1.54. The van der Waals surface area contributed by atoms with Crippen molar-refractivity contribution in [3.63, 3.8) is 0 Å². The summed E-state index contributed by atoms with van der Waals surface area (Å²) in [4.78, 5) is 14.7. The van der Waals surface area contributed by atoms with Gasteiger partial charge in [0, 0.05) is 33.0 Å². The van der Waals surface area contributed by atoms with Crippen LogP contribution < -0.4 is 0 Å². The zero-order valence-corrected chi connectivity index (χ0v) is 13.9. The molecule has 2 aliphatic heterocycles. The van der Waals surface area contributed by atoms with Gasteiger partial charge in [-0.1, -0.05) is 11.6 Å². The maximum absolute atomic E-state index is 12.8. The molecule has 7 heteroatoms. The predicted molar refractivity (Wildman–Crippen MR) is 85.6 cm³/mol. The molecule has 5 nitrogen and oxygen atoms in total. The van der Waals surface area contributed by atoms with Gasteiger partial charge in [-0.2, -0.15) is 0 Å². The summed E-state index contributed by atoms with van der Waals surface area (Å²) in [6, 6.07) is 3.84. The summed E-state index contributed by atoms with van der Waals surface area (Å²) in [6.07, 6.45) is 1.48. The van der Waals surface area contributed by atoms with E-state index in [2.05, 4.69) is 0 Å². The second kappa shape index (κ2) is 5.23. The Labute approximate surface area is 137 Å². The van der Waals surface area contributed by atoms with Gasteiger partial charge >= 0.3 is 0 Å². The third kappa shape index (κ3) is 2.25. The lowest BCUT2D eigenvalue weighted by molar-refractivity contribution is -0.181. The van der Waals surface area contributed by atoms with E-state index in [1.54, 1.807) is 0 Å². The molecule has 0 radical (unpaired) electrons. The second-order valence-corrected chi connectivity index (χ2v) is 7.50. The highest BCUT2D eigenvalue weighted by Gasteiger charge is 2.41. The van der Waals surface area contributed by atoms with Gasteiger partial charge in [0.15, 0.2) is 5.79 Å². The fraction of sp³-hybridized carbons (Fsp3) is 0.533.